The van der Waals surface area contributed by atoms with Crippen LogP contribution in [0.4, 0.5) is 0 Å². The molecular formula is C12H22N2O. The zero-order valence-corrected chi connectivity index (χ0v) is 9.67. The molecule has 0 radical (unpaired) electrons. The Hall–Kier alpha value is -0.120. The zero-order valence-electron chi connectivity index (χ0n) is 9.67. The molecule has 1 unspecified atom stereocenters. The predicted molar refractivity (Wildman–Crippen MR) is 59.9 cm³/mol. The molecule has 3 fully saturated rings. The first-order chi connectivity index (χ1) is 7.28. The van der Waals surface area contributed by atoms with Crippen molar-refractivity contribution in [2.45, 2.75) is 25.3 Å². The van der Waals surface area contributed by atoms with Crippen LogP contribution in [0.5, 0.6) is 0 Å². The Bertz CT molecular complexity index is 236. The van der Waals surface area contributed by atoms with Gasteiger partial charge < -0.3 is 15.0 Å². The maximum absolute atomic E-state index is 5.48. The van der Waals surface area contributed by atoms with Crippen LogP contribution in [0.1, 0.15) is 19.3 Å². The molecule has 0 aromatic carbocycles. The summed E-state index contributed by atoms with van der Waals surface area (Å²) >= 11 is 0. The Labute approximate surface area is 92.2 Å². The molecular weight excluding hydrogens is 188 g/mol. The summed E-state index contributed by atoms with van der Waals surface area (Å²) in [4.78, 5) is 2.46. The van der Waals surface area contributed by atoms with E-state index in [0.717, 1.165) is 25.2 Å². The van der Waals surface area contributed by atoms with Crippen LogP contribution in [-0.4, -0.2) is 50.8 Å². The minimum Gasteiger partial charge on any atom is -0.380 e. The highest BCUT2D eigenvalue weighted by atomic mass is 16.5. The molecule has 3 aliphatic rings. The van der Waals surface area contributed by atoms with Gasteiger partial charge in [0.25, 0.3) is 0 Å². The van der Waals surface area contributed by atoms with Crippen molar-refractivity contribution in [1.29, 1.82) is 0 Å². The number of rotatable bonds is 4. The van der Waals surface area contributed by atoms with Crippen molar-refractivity contribution >= 4 is 0 Å². The first-order valence-electron chi connectivity index (χ1n) is 6.28. The van der Waals surface area contributed by atoms with Gasteiger partial charge in [0.2, 0.25) is 0 Å². The van der Waals surface area contributed by atoms with Crippen molar-refractivity contribution in [2.75, 3.05) is 39.9 Å². The average molecular weight is 210 g/mol. The Morgan fingerprint density at radius 1 is 1.33 bits per heavy atom. The maximum atomic E-state index is 5.48. The Kier molecular flexibility index (Phi) is 2.49. The number of nitrogens with one attached hydrogen (secondary N) is 1. The molecule has 1 aliphatic carbocycles. The normalized spacial score (nSPS) is 35.4. The maximum Gasteiger partial charge on any atom is 0.0560 e. The van der Waals surface area contributed by atoms with Crippen LogP contribution in [0, 0.1) is 11.3 Å². The van der Waals surface area contributed by atoms with Gasteiger partial charge in [0.15, 0.2) is 0 Å². The van der Waals surface area contributed by atoms with Crippen molar-refractivity contribution in [3.63, 3.8) is 0 Å². The van der Waals surface area contributed by atoms with E-state index in [1.165, 1.54) is 38.9 Å². The van der Waals surface area contributed by atoms with E-state index >= 15 is 0 Å². The molecule has 0 amide bonds. The molecule has 3 nitrogen and oxygen atoms in total. The number of nitrogens with zero attached hydrogens (tertiary/aromatic N) is 1. The number of likely N-dealkylation sites (tertiary alicyclic amines) is 1. The Balaban J connectivity index is 1.58. The molecule has 1 atom stereocenters. The van der Waals surface area contributed by atoms with Gasteiger partial charge in [0.1, 0.15) is 0 Å². The minimum absolute atomic E-state index is 0.480. The largest absolute Gasteiger partial charge is 0.380 e. The third-order valence-corrected chi connectivity index (χ3v) is 4.36. The number of hydrogen-bond acceptors (Lipinski definition) is 3. The summed E-state index contributed by atoms with van der Waals surface area (Å²) in [5.41, 5.74) is 0.480. The first-order valence-corrected chi connectivity index (χ1v) is 6.28. The van der Waals surface area contributed by atoms with Gasteiger partial charge >= 0.3 is 0 Å². The quantitative estimate of drug-likeness (QED) is 0.739. The van der Waals surface area contributed by atoms with Crippen molar-refractivity contribution in [1.82, 2.24) is 10.2 Å². The minimum atomic E-state index is 0.480. The van der Waals surface area contributed by atoms with E-state index in [1.54, 1.807) is 0 Å². The fourth-order valence-corrected chi connectivity index (χ4v) is 2.92. The Morgan fingerprint density at radius 3 is 2.60 bits per heavy atom. The number of ether oxygens (including phenoxy) is 1. The molecule has 0 spiro atoms. The molecule has 1 N–H and O–H groups in total. The summed E-state index contributed by atoms with van der Waals surface area (Å²) in [6.45, 7) is 5.72. The van der Waals surface area contributed by atoms with E-state index in [9.17, 15) is 0 Å². The molecule has 0 aromatic rings. The molecule has 3 rings (SSSR count). The van der Waals surface area contributed by atoms with Crippen LogP contribution in [-0.2, 0) is 4.74 Å². The lowest BCUT2D eigenvalue weighted by molar-refractivity contribution is -0.141. The van der Waals surface area contributed by atoms with E-state index in [1.807, 2.05) is 0 Å². The van der Waals surface area contributed by atoms with Gasteiger partial charge in [0, 0.05) is 24.5 Å². The number of hydrogen-bond donors (Lipinski definition) is 1. The van der Waals surface area contributed by atoms with Crippen LogP contribution >= 0.6 is 0 Å². The third kappa shape index (κ3) is 1.93. The predicted octanol–water partition coefficient (Wildman–Crippen LogP) is 0.707. The lowest BCUT2D eigenvalue weighted by Gasteiger charge is -2.46. The molecule has 0 aromatic heterocycles. The van der Waals surface area contributed by atoms with E-state index in [-0.39, 0.29) is 0 Å². The van der Waals surface area contributed by atoms with Crippen LogP contribution in [0.25, 0.3) is 0 Å². The topological polar surface area (TPSA) is 24.5 Å². The van der Waals surface area contributed by atoms with Crippen molar-refractivity contribution < 1.29 is 4.74 Å². The second-order valence-corrected chi connectivity index (χ2v) is 5.76. The second-order valence-electron chi connectivity index (χ2n) is 5.76. The summed E-state index contributed by atoms with van der Waals surface area (Å²) in [6.07, 6.45) is 4.15. The zero-order chi connectivity index (χ0) is 10.3. The van der Waals surface area contributed by atoms with Crippen LogP contribution < -0.4 is 5.32 Å². The van der Waals surface area contributed by atoms with Gasteiger partial charge in [-0.15, -0.1) is 0 Å². The van der Waals surface area contributed by atoms with Crippen molar-refractivity contribution in [2.24, 2.45) is 11.3 Å². The van der Waals surface area contributed by atoms with Crippen molar-refractivity contribution in [3.05, 3.63) is 0 Å². The highest BCUT2D eigenvalue weighted by Gasteiger charge is 2.47. The molecule has 0 bridgehead atoms. The molecule has 86 valence electrons. The van der Waals surface area contributed by atoms with Crippen LogP contribution in [0.15, 0.2) is 0 Å². The van der Waals surface area contributed by atoms with Gasteiger partial charge in [0.05, 0.1) is 13.2 Å². The lowest BCUT2D eigenvalue weighted by atomic mass is 9.73. The van der Waals surface area contributed by atoms with Gasteiger partial charge in [-0.3, -0.25) is 0 Å². The molecule has 2 saturated heterocycles. The third-order valence-electron chi connectivity index (χ3n) is 4.36. The van der Waals surface area contributed by atoms with Gasteiger partial charge in [-0.05, 0) is 38.8 Å². The first kappa shape index (κ1) is 10.1. The molecule has 2 heterocycles. The van der Waals surface area contributed by atoms with Gasteiger partial charge in [-0.25, -0.2) is 0 Å². The average Bonchev–Trinajstić information content (AvgIpc) is 2.88. The Morgan fingerprint density at radius 2 is 2.13 bits per heavy atom. The second kappa shape index (κ2) is 3.72. The van der Waals surface area contributed by atoms with Gasteiger partial charge in [-0.2, -0.15) is 0 Å². The summed E-state index contributed by atoms with van der Waals surface area (Å²) in [7, 11) is 2.24. The summed E-state index contributed by atoms with van der Waals surface area (Å²) in [5, 5.41) is 3.69. The summed E-state index contributed by atoms with van der Waals surface area (Å²) < 4.78 is 5.48. The van der Waals surface area contributed by atoms with Crippen LogP contribution in [0.3, 0.4) is 0 Å². The molecule has 3 heteroatoms. The molecule has 2 aliphatic heterocycles. The van der Waals surface area contributed by atoms with E-state index in [0.29, 0.717) is 5.41 Å². The fraction of sp³-hybridized carbons (Fsp3) is 1.00. The van der Waals surface area contributed by atoms with E-state index in [4.69, 9.17) is 4.74 Å². The van der Waals surface area contributed by atoms with E-state index < -0.39 is 0 Å². The fourth-order valence-electron chi connectivity index (χ4n) is 2.92. The SMILES string of the molecule is CN1CCC(C2(CNC3CC3)COC2)C1. The standard InChI is InChI=1S/C12H22N2O/c1-14-5-4-10(6-14)12(8-15-9-12)7-13-11-2-3-11/h10-11,13H,2-9H2,1H3. The summed E-state index contributed by atoms with van der Waals surface area (Å²) in [6, 6.07) is 0.835. The molecule has 1 saturated carbocycles. The highest BCUT2D eigenvalue weighted by Crippen LogP contribution is 2.40. The van der Waals surface area contributed by atoms with Gasteiger partial charge in [-0.1, -0.05) is 0 Å². The lowest BCUT2D eigenvalue weighted by Crippen LogP contribution is -2.55. The summed E-state index contributed by atoms with van der Waals surface area (Å²) in [5.74, 6) is 0.863. The van der Waals surface area contributed by atoms with Crippen LogP contribution in [0.2, 0.25) is 0 Å². The monoisotopic (exact) mass is 210 g/mol. The smallest absolute Gasteiger partial charge is 0.0560 e. The molecule has 15 heavy (non-hydrogen) atoms. The van der Waals surface area contributed by atoms with Crippen molar-refractivity contribution in [3.8, 4) is 0 Å². The highest BCUT2D eigenvalue weighted by molar-refractivity contribution is 4.98. The van der Waals surface area contributed by atoms with E-state index in [2.05, 4.69) is 17.3 Å².